The Bertz CT molecular complexity index is 216. The summed E-state index contributed by atoms with van der Waals surface area (Å²) in [4.78, 5) is 4.40. The van der Waals surface area contributed by atoms with Crippen LogP contribution in [0.1, 0.15) is 33.1 Å². The second kappa shape index (κ2) is 2.38. The first kappa shape index (κ1) is 7.90. The maximum absolute atomic E-state index is 5.72. The molecular weight excluding hydrogens is 150 g/mol. The van der Waals surface area contributed by atoms with Crippen LogP contribution in [0.25, 0.3) is 0 Å². The molecule has 0 aromatic rings. The number of hydrogen-bond donors (Lipinski definition) is 2. The molecular formula is C9H17N3. The highest BCUT2D eigenvalue weighted by atomic mass is 15.1. The van der Waals surface area contributed by atoms with Crippen molar-refractivity contribution in [3.63, 3.8) is 0 Å². The van der Waals surface area contributed by atoms with Crippen LogP contribution < -0.4 is 11.1 Å². The van der Waals surface area contributed by atoms with Crippen molar-refractivity contribution in [3.05, 3.63) is 0 Å². The number of rotatable bonds is 2. The van der Waals surface area contributed by atoms with E-state index in [1.54, 1.807) is 0 Å². The molecule has 1 atom stereocenters. The highest BCUT2D eigenvalue weighted by Crippen LogP contribution is 2.47. The molecule has 0 aliphatic heterocycles. The van der Waals surface area contributed by atoms with Gasteiger partial charge in [-0.3, -0.25) is 0 Å². The van der Waals surface area contributed by atoms with Crippen molar-refractivity contribution in [2.24, 2.45) is 16.1 Å². The van der Waals surface area contributed by atoms with Gasteiger partial charge in [0.25, 0.3) is 0 Å². The van der Waals surface area contributed by atoms with Crippen LogP contribution in [0.5, 0.6) is 0 Å². The van der Waals surface area contributed by atoms with Gasteiger partial charge in [0.2, 0.25) is 0 Å². The van der Waals surface area contributed by atoms with Gasteiger partial charge in [0.05, 0.1) is 6.04 Å². The molecule has 0 saturated heterocycles. The van der Waals surface area contributed by atoms with Crippen LogP contribution in [0.2, 0.25) is 0 Å². The van der Waals surface area contributed by atoms with Crippen LogP contribution in [0.3, 0.4) is 0 Å². The van der Waals surface area contributed by atoms with E-state index in [9.17, 15) is 0 Å². The third kappa shape index (κ3) is 1.71. The van der Waals surface area contributed by atoms with Crippen molar-refractivity contribution in [1.82, 2.24) is 5.32 Å². The Balaban J connectivity index is 1.82. The Kier molecular flexibility index (Phi) is 1.56. The Labute approximate surface area is 73.4 Å². The molecule has 2 saturated carbocycles. The smallest absolute Gasteiger partial charge is 0.189 e. The molecule has 68 valence electrons. The molecule has 12 heavy (non-hydrogen) atoms. The van der Waals surface area contributed by atoms with Crippen molar-refractivity contribution >= 4 is 5.96 Å². The van der Waals surface area contributed by atoms with E-state index in [0.717, 1.165) is 0 Å². The first-order chi connectivity index (χ1) is 5.58. The monoisotopic (exact) mass is 167 g/mol. The third-order valence-electron chi connectivity index (χ3n) is 2.69. The Hall–Kier alpha value is -0.730. The van der Waals surface area contributed by atoms with Crippen LogP contribution in [-0.4, -0.2) is 18.0 Å². The lowest BCUT2D eigenvalue weighted by Gasteiger charge is -2.03. The van der Waals surface area contributed by atoms with E-state index in [0.29, 0.717) is 23.5 Å². The minimum absolute atomic E-state index is 0.399. The fourth-order valence-corrected chi connectivity index (χ4v) is 1.30. The summed E-state index contributed by atoms with van der Waals surface area (Å²) >= 11 is 0. The van der Waals surface area contributed by atoms with Gasteiger partial charge >= 0.3 is 0 Å². The fourth-order valence-electron chi connectivity index (χ4n) is 1.30. The van der Waals surface area contributed by atoms with Gasteiger partial charge < -0.3 is 11.1 Å². The summed E-state index contributed by atoms with van der Waals surface area (Å²) in [5, 5.41) is 3.19. The molecule has 3 heteroatoms. The maximum atomic E-state index is 5.72. The van der Waals surface area contributed by atoms with Crippen molar-refractivity contribution < 1.29 is 0 Å². The van der Waals surface area contributed by atoms with Crippen molar-refractivity contribution in [1.29, 1.82) is 0 Å². The number of nitrogens with zero attached hydrogens (tertiary/aromatic N) is 1. The van der Waals surface area contributed by atoms with E-state index in [-0.39, 0.29) is 0 Å². The van der Waals surface area contributed by atoms with Crippen molar-refractivity contribution in [3.8, 4) is 0 Å². The first-order valence-electron chi connectivity index (χ1n) is 4.68. The number of nitrogens with two attached hydrogens (primary N) is 1. The molecule has 0 amide bonds. The molecule has 2 aliphatic carbocycles. The molecule has 0 radical (unpaired) electrons. The maximum Gasteiger partial charge on any atom is 0.189 e. The molecule has 0 spiro atoms. The van der Waals surface area contributed by atoms with Crippen LogP contribution in [0.15, 0.2) is 4.99 Å². The van der Waals surface area contributed by atoms with Gasteiger partial charge in [0, 0.05) is 6.04 Å². The average Bonchev–Trinajstić information content (AvgIpc) is 2.76. The summed E-state index contributed by atoms with van der Waals surface area (Å²) in [7, 11) is 0. The van der Waals surface area contributed by atoms with Crippen molar-refractivity contribution in [2.45, 2.75) is 45.2 Å². The molecule has 0 heterocycles. The van der Waals surface area contributed by atoms with Gasteiger partial charge in [0.15, 0.2) is 5.96 Å². The second-order valence-corrected chi connectivity index (χ2v) is 4.64. The normalized spacial score (nSPS) is 33.2. The van der Waals surface area contributed by atoms with Gasteiger partial charge in [-0.25, -0.2) is 4.99 Å². The van der Waals surface area contributed by atoms with Gasteiger partial charge in [-0.2, -0.15) is 0 Å². The molecule has 3 nitrogen and oxygen atoms in total. The lowest BCUT2D eigenvalue weighted by Crippen LogP contribution is -2.33. The van der Waals surface area contributed by atoms with Crippen LogP contribution in [0.4, 0.5) is 0 Å². The number of aliphatic imine (C=N–C) groups is 1. The third-order valence-corrected chi connectivity index (χ3v) is 2.69. The zero-order valence-electron chi connectivity index (χ0n) is 7.80. The molecule has 2 fully saturated rings. The van der Waals surface area contributed by atoms with E-state index < -0.39 is 0 Å². The number of nitrogens with one attached hydrogen (secondary N) is 1. The van der Waals surface area contributed by atoms with Gasteiger partial charge in [-0.15, -0.1) is 0 Å². The minimum Gasteiger partial charge on any atom is -0.370 e. The molecule has 0 aromatic heterocycles. The largest absolute Gasteiger partial charge is 0.370 e. The van der Waals surface area contributed by atoms with Crippen LogP contribution in [-0.2, 0) is 0 Å². The highest BCUT2D eigenvalue weighted by Gasteiger charge is 2.46. The standard InChI is InChI=1S/C9H17N3/c1-9(2)5-7(9)12-8(10)11-6-3-4-6/h6-7H,3-5H2,1-2H3,(H3,10,11,12). The molecule has 2 aliphatic rings. The topological polar surface area (TPSA) is 50.4 Å². The van der Waals surface area contributed by atoms with Gasteiger partial charge in [-0.05, 0) is 24.7 Å². The summed E-state index contributed by atoms with van der Waals surface area (Å²) in [5.41, 5.74) is 6.11. The molecule has 3 N–H and O–H groups in total. The summed E-state index contributed by atoms with van der Waals surface area (Å²) in [6, 6.07) is 1.08. The number of guanidine groups is 1. The predicted molar refractivity (Wildman–Crippen MR) is 50.0 cm³/mol. The summed E-state index contributed by atoms with van der Waals surface area (Å²) in [5.74, 6) is 0.646. The predicted octanol–water partition coefficient (Wildman–Crippen LogP) is 0.852. The van der Waals surface area contributed by atoms with Crippen molar-refractivity contribution in [2.75, 3.05) is 0 Å². The molecule has 0 aromatic carbocycles. The lowest BCUT2D eigenvalue weighted by molar-refractivity contribution is 0.616. The zero-order chi connectivity index (χ0) is 8.77. The average molecular weight is 167 g/mol. The van der Waals surface area contributed by atoms with E-state index in [2.05, 4.69) is 24.2 Å². The minimum atomic E-state index is 0.399. The molecule has 0 bridgehead atoms. The fraction of sp³-hybridized carbons (Fsp3) is 0.889. The molecule has 1 unspecified atom stereocenters. The van der Waals surface area contributed by atoms with E-state index >= 15 is 0 Å². The lowest BCUT2D eigenvalue weighted by atomic mass is 10.2. The van der Waals surface area contributed by atoms with Gasteiger partial charge in [0.1, 0.15) is 0 Å². The number of hydrogen-bond acceptors (Lipinski definition) is 1. The van der Waals surface area contributed by atoms with Gasteiger partial charge in [-0.1, -0.05) is 13.8 Å². The zero-order valence-corrected chi connectivity index (χ0v) is 7.80. The Morgan fingerprint density at radius 3 is 2.50 bits per heavy atom. The molecule has 2 rings (SSSR count). The van der Waals surface area contributed by atoms with E-state index in [4.69, 9.17) is 5.73 Å². The second-order valence-electron chi connectivity index (χ2n) is 4.64. The highest BCUT2D eigenvalue weighted by molar-refractivity contribution is 5.78. The quantitative estimate of drug-likeness (QED) is 0.473. The summed E-state index contributed by atoms with van der Waals surface area (Å²) in [6.45, 7) is 4.46. The summed E-state index contributed by atoms with van der Waals surface area (Å²) in [6.07, 6.45) is 3.69. The Morgan fingerprint density at radius 1 is 1.50 bits per heavy atom. The van der Waals surface area contributed by atoms with Crippen LogP contribution >= 0.6 is 0 Å². The SMILES string of the molecule is CC1(C)CC1N=C(N)NC1CC1. The first-order valence-corrected chi connectivity index (χ1v) is 4.68. The van der Waals surface area contributed by atoms with E-state index in [1.165, 1.54) is 19.3 Å². The van der Waals surface area contributed by atoms with E-state index in [1.807, 2.05) is 0 Å². The van der Waals surface area contributed by atoms with Crippen LogP contribution in [0, 0.1) is 5.41 Å². The Morgan fingerprint density at radius 2 is 2.08 bits per heavy atom. The summed E-state index contributed by atoms with van der Waals surface area (Å²) < 4.78 is 0.